The molecule has 1 amide bonds. The highest BCUT2D eigenvalue weighted by atomic mass is 32.1. The van der Waals surface area contributed by atoms with Crippen LogP contribution in [-0.4, -0.2) is 29.4 Å². The van der Waals surface area contributed by atoms with E-state index >= 15 is 0 Å². The fraction of sp³-hybridized carbons (Fsp3) is 0.182. The Kier molecular flexibility index (Phi) is 5.81. The predicted molar refractivity (Wildman–Crippen MR) is 117 cm³/mol. The Morgan fingerprint density at radius 3 is 2.61 bits per heavy atom. The number of nitrogens with one attached hydrogen (secondary N) is 1. The van der Waals surface area contributed by atoms with Crippen molar-refractivity contribution in [3.8, 4) is 0 Å². The van der Waals surface area contributed by atoms with Gasteiger partial charge in [0.15, 0.2) is 0 Å². The third-order valence-electron chi connectivity index (χ3n) is 4.55. The summed E-state index contributed by atoms with van der Waals surface area (Å²) in [7, 11) is 1.83. The van der Waals surface area contributed by atoms with E-state index < -0.39 is 0 Å². The van der Waals surface area contributed by atoms with E-state index in [2.05, 4.69) is 39.9 Å². The van der Waals surface area contributed by atoms with Gasteiger partial charge in [-0.2, -0.15) is 0 Å². The van der Waals surface area contributed by atoms with Gasteiger partial charge in [-0.3, -0.25) is 10.1 Å². The number of para-hydroxylation sites is 1. The highest BCUT2D eigenvalue weighted by Gasteiger charge is 2.18. The average molecular weight is 408 g/mol. The zero-order valence-electron chi connectivity index (χ0n) is 15.5. The highest BCUT2D eigenvalue weighted by Crippen LogP contribution is 2.26. The summed E-state index contributed by atoms with van der Waals surface area (Å²) in [4.78, 5) is 20.3. The Hall–Kier alpha value is -2.54. The van der Waals surface area contributed by atoms with Crippen LogP contribution in [0.5, 0.6) is 0 Å². The van der Waals surface area contributed by atoms with Gasteiger partial charge in [-0.25, -0.2) is 4.98 Å². The minimum atomic E-state index is 0.0148. The van der Waals surface area contributed by atoms with E-state index in [1.165, 1.54) is 4.88 Å². The van der Waals surface area contributed by atoms with Crippen molar-refractivity contribution >= 4 is 38.8 Å². The number of amides is 1. The van der Waals surface area contributed by atoms with Crippen LogP contribution in [-0.2, 0) is 11.3 Å². The van der Waals surface area contributed by atoms with Crippen molar-refractivity contribution in [2.45, 2.75) is 12.6 Å². The summed E-state index contributed by atoms with van der Waals surface area (Å²) in [5.41, 5.74) is 2.15. The van der Waals surface area contributed by atoms with Crippen molar-refractivity contribution in [2.24, 2.45) is 0 Å². The maximum absolute atomic E-state index is 12.7. The summed E-state index contributed by atoms with van der Waals surface area (Å²) in [6.45, 7) is 0.799. The van der Waals surface area contributed by atoms with Gasteiger partial charge in [0, 0.05) is 11.9 Å². The summed E-state index contributed by atoms with van der Waals surface area (Å²) >= 11 is 3.33. The molecule has 1 atom stereocenters. The van der Waals surface area contributed by atoms with Crippen LogP contribution in [0.15, 0.2) is 72.1 Å². The van der Waals surface area contributed by atoms with Crippen molar-refractivity contribution in [3.05, 3.63) is 87.6 Å². The van der Waals surface area contributed by atoms with E-state index in [0.717, 1.165) is 20.8 Å². The molecule has 0 saturated heterocycles. The lowest BCUT2D eigenvalue weighted by Gasteiger charge is -2.21. The first-order valence-electron chi connectivity index (χ1n) is 9.11. The molecule has 0 spiro atoms. The molecule has 2 aromatic carbocycles. The molecule has 28 heavy (non-hydrogen) atoms. The second-order valence-electron chi connectivity index (χ2n) is 6.57. The molecule has 0 unspecified atom stereocenters. The van der Waals surface area contributed by atoms with Gasteiger partial charge < -0.3 is 4.90 Å². The Morgan fingerprint density at radius 2 is 1.86 bits per heavy atom. The molecule has 4 nitrogen and oxygen atoms in total. The lowest BCUT2D eigenvalue weighted by atomic mass is 10.1. The van der Waals surface area contributed by atoms with Crippen molar-refractivity contribution in [2.75, 3.05) is 13.6 Å². The Bertz CT molecular complexity index is 1010. The predicted octanol–water partition coefficient (Wildman–Crippen LogP) is 4.70. The number of hydrogen-bond acceptors (Lipinski definition) is 5. The molecule has 0 fully saturated rings. The SMILES string of the molecule is CN(Cc1nc2ccccc2s1)C(=O)CN[C@H](c1ccccc1)c1cccs1. The van der Waals surface area contributed by atoms with E-state index in [-0.39, 0.29) is 18.5 Å². The number of carbonyl (C=O) groups is 1. The number of rotatable bonds is 7. The number of aromatic nitrogens is 1. The number of carbonyl (C=O) groups excluding carboxylic acids is 1. The third kappa shape index (κ3) is 4.30. The maximum Gasteiger partial charge on any atom is 0.236 e. The summed E-state index contributed by atoms with van der Waals surface area (Å²) in [6, 6.07) is 22.5. The topological polar surface area (TPSA) is 45.2 Å². The number of thiophene rings is 1. The summed E-state index contributed by atoms with van der Waals surface area (Å²) in [5.74, 6) is 0.0525. The van der Waals surface area contributed by atoms with Crippen LogP contribution in [0, 0.1) is 0 Å². The molecule has 0 aliphatic rings. The Labute approximate surface area is 172 Å². The number of hydrogen-bond donors (Lipinski definition) is 1. The van der Waals surface area contributed by atoms with E-state index in [1.807, 2.05) is 49.5 Å². The lowest BCUT2D eigenvalue weighted by molar-refractivity contribution is -0.129. The lowest BCUT2D eigenvalue weighted by Crippen LogP contribution is -2.36. The molecular weight excluding hydrogens is 386 g/mol. The number of likely N-dealkylation sites (N-methyl/N-ethyl adjacent to an activating group) is 1. The van der Waals surface area contributed by atoms with Crippen LogP contribution in [0.1, 0.15) is 21.5 Å². The molecule has 1 N–H and O–H groups in total. The molecule has 0 aliphatic carbocycles. The minimum absolute atomic E-state index is 0.0148. The van der Waals surface area contributed by atoms with Crippen LogP contribution in [0.4, 0.5) is 0 Å². The Morgan fingerprint density at radius 1 is 1.07 bits per heavy atom. The van der Waals surface area contributed by atoms with Gasteiger partial charge in [0.05, 0.1) is 29.3 Å². The van der Waals surface area contributed by atoms with Crippen LogP contribution in [0.3, 0.4) is 0 Å². The first-order chi connectivity index (χ1) is 13.7. The molecule has 0 radical (unpaired) electrons. The number of thiazole rings is 1. The fourth-order valence-electron chi connectivity index (χ4n) is 3.09. The maximum atomic E-state index is 12.7. The van der Waals surface area contributed by atoms with E-state index in [1.54, 1.807) is 27.6 Å². The second-order valence-corrected chi connectivity index (χ2v) is 8.66. The van der Waals surface area contributed by atoms with Gasteiger partial charge in [-0.1, -0.05) is 48.5 Å². The normalized spacial score (nSPS) is 12.2. The zero-order valence-corrected chi connectivity index (χ0v) is 17.2. The first-order valence-corrected chi connectivity index (χ1v) is 10.8. The number of nitrogens with zero attached hydrogens (tertiary/aromatic N) is 2. The smallest absolute Gasteiger partial charge is 0.236 e. The third-order valence-corrected chi connectivity index (χ3v) is 6.51. The van der Waals surface area contributed by atoms with Crippen LogP contribution in [0.25, 0.3) is 10.2 Å². The van der Waals surface area contributed by atoms with Gasteiger partial charge in [0.25, 0.3) is 0 Å². The van der Waals surface area contributed by atoms with Gasteiger partial charge in [-0.15, -0.1) is 22.7 Å². The van der Waals surface area contributed by atoms with E-state index in [9.17, 15) is 4.79 Å². The second kappa shape index (κ2) is 8.65. The quantitative estimate of drug-likeness (QED) is 0.483. The largest absolute Gasteiger partial charge is 0.338 e. The first kappa shape index (κ1) is 18.8. The Balaban J connectivity index is 1.41. The van der Waals surface area contributed by atoms with Gasteiger partial charge >= 0.3 is 0 Å². The average Bonchev–Trinajstić information content (AvgIpc) is 3.38. The van der Waals surface area contributed by atoms with Crippen LogP contribution >= 0.6 is 22.7 Å². The standard InChI is InChI=1S/C22H21N3OS2/c1-25(15-20-24-17-10-5-6-11-18(17)28-20)21(26)14-23-22(19-12-7-13-27-19)16-8-3-2-4-9-16/h2-13,22-23H,14-15H2,1H3/t22-/m1/s1. The summed E-state index contributed by atoms with van der Waals surface area (Å²) in [6.07, 6.45) is 0. The minimum Gasteiger partial charge on any atom is -0.338 e. The van der Waals surface area contributed by atoms with Crippen LogP contribution < -0.4 is 5.32 Å². The van der Waals surface area contributed by atoms with Crippen molar-refractivity contribution in [1.29, 1.82) is 0 Å². The van der Waals surface area contributed by atoms with Crippen LogP contribution in [0.2, 0.25) is 0 Å². The highest BCUT2D eigenvalue weighted by molar-refractivity contribution is 7.18. The molecule has 142 valence electrons. The van der Waals surface area contributed by atoms with Crippen molar-refractivity contribution in [3.63, 3.8) is 0 Å². The molecule has 0 aliphatic heterocycles. The van der Waals surface area contributed by atoms with Gasteiger partial charge in [-0.05, 0) is 29.1 Å². The molecular formula is C22H21N3OS2. The van der Waals surface area contributed by atoms with Crippen molar-refractivity contribution in [1.82, 2.24) is 15.2 Å². The molecule has 2 heterocycles. The van der Waals surface area contributed by atoms with E-state index in [4.69, 9.17) is 0 Å². The monoisotopic (exact) mass is 407 g/mol. The summed E-state index contributed by atoms with van der Waals surface area (Å²) in [5, 5.41) is 6.45. The van der Waals surface area contributed by atoms with Gasteiger partial charge in [0.1, 0.15) is 5.01 Å². The zero-order chi connectivity index (χ0) is 19.3. The number of benzene rings is 2. The summed E-state index contributed by atoms with van der Waals surface area (Å²) < 4.78 is 1.15. The molecule has 4 aromatic rings. The fourth-order valence-corrected chi connectivity index (χ4v) is 4.93. The van der Waals surface area contributed by atoms with Crippen molar-refractivity contribution < 1.29 is 4.79 Å². The van der Waals surface area contributed by atoms with E-state index in [0.29, 0.717) is 6.54 Å². The molecule has 6 heteroatoms. The molecule has 2 aromatic heterocycles. The molecule has 0 saturated carbocycles. The van der Waals surface area contributed by atoms with Gasteiger partial charge in [0.2, 0.25) is 5.91 Å². The number of fused-ring (bicyclic) bond motifs is 1. The molecule has 4 rings (SSSR count). The molecule has 0 bridgehead atoms.